The van der Waals surface area contributed by atoms with Gasteiger partial charge in [0.15, 0.2) is 0 Å². The zero-order valence-electron chi connectivity index (χ0n) is 11.0. The zero-order valence-corrected chi connectivity index (χ0v) is 11.0. The lowest BCUT2D eigenvalue weighted by atomic mass is 9.86. The summed E-state index contributed by atoms with van der Waals surface area (Å²) in [5, 5.41) is 0. The lowest BCUT2D eigenvalue weighted by Crippen LogP contribution is -2.06. The summed E-state index contributed by atoms with van der Waals surface area (Å²) in [6, 6.07) is 0. The molecule has 0 aliphatic heterocycles. The molecule has 1 nitrogen and oxygen atoms in total. The highest BCUT2D eigenvalue weighted by molar-refractivity contribution is 5.73. The summed E-state index contributed by atoms with van der Waals surface area (Å²) in [5.74, 6) is 0.610. The average molecular weight is 232 g/mol. The molecule has 0 heterocycles. The molecule has 0 aromatic carbocycles. The maximum absolute atomic E-state index is 10.3. The molecule has 0 amide bonds. The first-order valence-corrected chi connectivity index (χ1v) is 6.68. The standard InChI is InChI=1S/C10H14O.C6H10/c1-8(2)10-5-3-9(7-11)4-6-10;1-2-4-6-5-3-1/h3,7,10H,1,4-6H2,2H3;1-2H,3-6H2. The molecule has 1 heteroatoms. The molecule has 0 bridgehead atoms. The lowest BCUT2D eigenvalue weighted by Gasteiger charge is -2.19. The smallest absolute Gasteiger partial charge is 0.145 e. The van der Waals surface area contributed by atoms with Gasteiger partial charge in [0.2, 0.25) is 0 Å². The Hall–Kier alpha value is -1.11. The Morgan fingerprint density at radius 1 is 1.35 bits per heavy atom. The molecule has 1 unspecified atom stereocenters. The minimum absolute atomic E-state index is 0.610. The third kappa shape index (κ3) is 5.67. The van der Waals surface area contributed by atoms with Crippen LogP contribution in [0.25, 0.3) is 0 Å². The van der Waals surface area contributed by atoms with E-state index >= 15 is 0 Å². The topological polar surface area (TPSA) is 17.1 Å². The number of carbonyl (C=O) groups excluding carboxylic acids is 1. The van der Waals surface area contributed by atoms with Crippen molar-refractivity contribution in [3.63, 3.8) is 0 Å². The van der Waals surface area contributed by atoms with Crippen LogP contribution in [0.15, 0.2) is 36.0 Å². The lowest BCUT2D eigenvalue weighted by molar-refractivity contribution is -0.105. The van der Waals surface area contributed by atoms with Gasteiger partial charge < -0.3 is 0 Å². The molecular formula is C16H24O. The van der Waals surface area contributed by atoms with Gasteiger partial charge in [0.25, 0.3) is 0 Å². The van der Waals surface area contributed by atoms with Crippen molar-refractivity contribution in [3.05, 3.63) is 36.0 Å². The fourth-order valence-corrected chi connectivity index (χ4v) is 2.17. The third-order valence-electron chi connectivity index (χ3n) is 3.45. The van der Waals surface area contributed by atoms with Crippen molar-refractivity contribution in [2.24, 2.45) is 5.92 Å². The average Bonchev–Trinajstić information content (AvgIpc) is 2.41. The van der Waals surface area contributed by atoms with Crippen molar-refractivity contribution < 1.29 is 4.79 Å². The van der Waals surface area contributed by atoms with Gasteiger partial charge in [0.1, 0.15) is 6.29 Å². The summed E-state index contributed by atoms with van der Waals surface area (Å²) in [7, 11) is 0. The number of carbonyl (C=O) groups is 1. The van der Waals surface area contributed by atoms with Crippen LogP contribution in [0.3, 0.4) is 0 Å². The van der Waals surface area contributed by atoms with Crippen LogP contribution in [0.1, 0.15) is 51.9 Å². The van der Waals surface area contributed by atoms with Gasteiger partial charge in [-0.3, -0.25) is 4.79 Å². The molecule has 0 fully saturated rings. The van der Waals surface area contributed by atoms with E-state index in [0.29, 0.717) is 5.92 Å². The second kappa shape index (κ2) is 8.05. The second-order valence-corrected chi connectivity index (χ2v) is 4.97. The molecule has 0 aromatic rings. The fourth-order valence-electron chi connectivity index (χ4n) is 2.17. The van der Waals surface area contributed by atoms with Crippen LogP contribution in [0.5, 0.6) is 0 Å². The van der Waals surface area contributed by atoms with Crippen molar-refractivity contribution in [2.45, 2.75) is 51.9 Å². The van der Waals surface area contributed by atoms with Gasteiger partial charge >= 0.3 is 0 Å². The Kier molecular flexibility index (Phi) is 6.61. The second-order valence-electron chi connectivity index (χ2n) is 4.97. The molecule has 94 valence electrons. The fraction of sp³-hybridized carbons (Fsp3) is 0.562. The largest absolute Gasteiger partial charge is 0.298 e. The predicted octanol–water partition coefficient (Wildman–Crippen LogP) is 4.60. The van der Waals surface area contributed by atoms with Crippen molar-refractivity contribution in [3.8, 4) is 0 Å². The molecule has 1 atom stereocenters. The van der Waals surface area contributed by atoms with Gasteiger partial charge in [-0.25, -0.2) is 0 Å². The van der Waals surface area contributed by atoms with E-state index in [9.17, 15) is 4.79 Å². The highest BCUT2D eigenvalue weighted by Gasteiger charge is 2.13. The summed E-state index contributed by atoms with van der Waals surface area (Å²) in [6.45, 7) is 5.97. The van der Waals surface area contributed by atoms with Gasteiger partial charge in [-0.2, -0.15) is 0 Å². The molecule has 0 saturated carbocycles. The minimum Gasteiger partial charge on any atom is -0.298 e. The summed E-state index contributed by atoms with van der Waals surface area (Å²) < 4.78 is 0. The van der Waals surface area contributed by atoms with Crippen molar-refractivity contribution in [2.75, 3.05) is 0 Å². The first-order valence-electron chi connectivity index (χ1n) is 6.68. The van der Waals surface area contributed by atoms with E-state index in [0.717, 1.165) is 31.1 Å². The van der Waals surface area contributed by atoms with E-state index in [1.165, 1.54) is 31.3 Å². The van der Waals surface area contributed by atoms with Gasteiger partial charge in [0, 0.05) is 0 Å². The molecule has 2 aliphatic carbocycles. The quantitative estimate of drug-likeness (QED) is 0.502. The maximum atomic E-state index is 10.3. The van der Waals surface area contributed by atoms with Crippen molar-refractivity contribution in [1.82, 2.24) is 0 Å². The monoisotopic (exact) mass is 232 g/mol. The molecule has 2 aliphatic rings. The Balaban J connectivity index is 0.000000202. The van der Waals surface area contributed by atoms with Gasteiger partial charge in [-0.15, -0.1) is 0 Å². The number of allylic oxidation sites excluding steroid dienone is 5. The first-order chi connectivity index (χ1) is 8.24. The zero-order chi connectivity index (χ0) is 12.5. The van der Waals surface area contributed by atoms with E-state index in [2.05, 4.69) is 25.7 Å². The van der Waals surface area contributed by atoms with E-state index < -0.39 is 0 Å². The number of aldehydes is 1. The SMILES string of the molecule is C1=CCCCC1.C=C(C)C1CC=C(C=O)CC1. The Morgan fingerprint density at radius 2 is 2.00 bits per heavy atom. The van der Waals surface area contributed by atoms with Crippen molar-refractivity contribution in [1.29, 1.82) is 0 Å². The molecular weight excluding hydrogens is 208 g/mol. The van der Waals surface area contributed by atoms with Crippen LogP contribution in [0.4, 0.5) is 0 Å². The van der Waals surface area contributed by atoms with E-state index in [1.54, 1.807) is 0 Å². The Labute approximate surface area is 105 Å². The number of rotatable bonds is 2. The van der Waals surface area contributed by atoms with E-state index in [-0.39, 0.29) is 0 Å². The Morgan fingerprint density at radius 3 is 2.29 bits per heavy atom. The van der Waals surface area contributed by atoms with E-state index in [1.807, 2.05) is 6.08 Å². The molecule has 0 spiro atoms. The number of hydrogen-bond acceptors (Lipinski definition) is 1. The van der Waals surface area contributed by atoms with Crippen LogP contribution in [0, 0.1) is 5.92 Å². The predicted molar refractivity (Wildman–Crippen MR) is 73.9 cm³/mol. The molecule has 17 heavy (non-hydrogen) atoms. The third-order valence-corrected chi connectivity index (χ3v) is 3.45. The molecule has 0 radical (unpaired) electrons. The maximum Gasteiger partial charge on any atom is 0.145 e. The van der Waals surface area contributed by atoms with Gasteiger partial charge in [-0.1, -0.05) is 30.4 Å². The highest BCUT2D eigenvalue weighted by atomic mass is 16.1. The van der Waals surface area contributed by atoms with Crippen LogP contribution < -0.4 is 0 Å². The van der Waals surface area contributed by atoms with Gasteiger partial charge in [-0.05, 0) is 63.4 Å². The summed E-state index contributed by atoms with van der Waals surface area (Å²) in [4.78, 5) is 10.3. The van der Waals surface area contributed by atoms with Crippen LogP contribution in [0.2, 0.25) is 0 Å². The van der Waals surface area contributed by atoms with Crippen LogP contribution >= 0.6 is 0 Å². The molecule has 2 rings (SSSR count). The molecule has 0 aromatic heterocycles. The van der Waals surface area contributed by atoms with Gasteiger partial charge in [0.05, 0.1) is 0 Å². The summed E-state index contributed by atoms with van der Waals surface area (Å²) in [6.07, 6.45) is 16.0. The van der Waals surface area contributed by atoms with E-state index in [4.69, 9.17) is 0 Å². The molecule has 0 saturated heterocycles. The molecule has 0 N–H and O–H groups in total. The summed E-state index contributed by atoms with van der Waals surface area (Å²) >= 11 is 0. The van der Waals surface area contributed by atoms with Crippen LogP contribution in [-0.2, 0) is 4.79 Å². The Bertz CT molecular complexity index is 301. The minimum atomic E-state index is 0.610. The first kappa shape index (κ1) is 14.0. The van der Waals surface area contributed by atoms with Crippen LogP contribution in [-0.4, -0.2) is 6.29 Å². The normalized spacial score (nSPS) is 23.1. The summed E-state index contributed by atoms with van der Waals surface area (Å²) in [5.41, 5.74) is 2.20. The highest BCUT2D eigenvalue weighted by Crippen LogP contribution is 2.26. The van der Waals surface area contributed by atoms with Crippen molar-refractivity contribution >= 4 is 6.29 Å². The number of hydrogen-bond donors (Lipinski definition) is 0.